The van der Waals surface area contributed by atoms with E-state index in [2.05, 4.69) is 9.84 Å². The summed E-state index contributed by atoms with van der Waals surface area (Å²) < 4.78 is 80.7. The minimum atomic E-state index is -4.93. The number of nitrogens with zero attached hydrogens (tertiary/aromatic N) is 2. The Morgan fingerprint density at radius 1 is 0.969 bits per heavy atom. The summed E-state index contributed by atoms with van der Waals surface area (Å²) in [5.41, 5.74) is -2.31. The summed E-state index contributed by atoms with van der Waals surface area (Å²) >= 11 is 0. The predicted molar refractivity (Wildman–Crippen MR) is 104 cm³/mol. The highest BCUT2D eigenvalue weighted by Gasteiger charge is 2.35. The van der Waals surface area contributed by atoms with Gasteiger partial charge in [-0.15, -0.1) is 0 Å². The van der Waals surface area contributed by atoms with Crippen LogP contribution in [0.2, 0.25) is 0 Å². The molecule has 3 rings (SSSR count). The predicted octanol–water partition coefficient (Wildman–Crippen LogP) is 4.60. The molecule has 1 heterocycles. The molecule has 6 nitrogen and oxygen atoms in total. The summed E-state index contributed by atoms with van der Waals surface area (Å²) in [5.74, 6) is 0.108. The zero-order valence-corrected chi connectivity index (χ0v) is 16.8. The highest BCUT2D eigenvalue weighted by atomic mass is 19.4. The monoisotopic (exact) mass is 456 g/mol. The van der Waals surface area contributed by atoms with Gasteiger partial charge in [0.05, 0.1) is 26.5 Å². The highest BCUT2D eigenvalue weighted by Crippen LogP contribution is 2.34. The molecule has 0 bridgehead atoms. The fraction of sp³-hybridized carbons (Fsp3) is 0.238. The van der Waals surface area contributed by atoms with Gasteiger partial charge in [-0.2, -0.15) is 27.1 Å². The van der Waals surface area contributed by atoms with Gasteiger partial charge in [-0.3, -0.25) is 4.79 Å². The van der Waals surface area contributed by atoms with Crippen LogP contribution in [0.5, 0.6) is 17.2 Å². The van der Waals surface area contributed by atoms with Crippen molar-refractivity contribution in [3.63, 3.8) is 0 Å². The molecule has 3 aromatic rings. The maximum absolute atomic E-state index is 13.5. The average Bonchev–Trinajstić information content (AvgIpc) is 2.74. The summed E-state index contributed by atoms with van der Waals surface area (Å²) in [6.07, 6.45) is -4.93. The Balaban J connectivity index is 2.09. The van der Waals surface area contributed by atoms with Gasteiger partial charge in [0.25, 0.3) is 5.56 Å². The van der Waals surface area contributed by atoms with E-state index in [0.29, 0.717) is 22.1 Å². The van der Waals surface area contributed by atoms with Gasteiger partial charge in [0.2, 0.25) is 0 Å². The molecule has 0 saturated carbocycles. The SMILES string of the molecule is COc1ccc(Cn2nc(-c3ccc(OC(F)F)c(OC)c3)cc(C(F)(F)F)c2=O)cc1. The van der Waals surface area contributed by atoms with Crippen LogP contribution in [-0.2, 0) is 12.7 Å². The second kappa shape index (κ2) is 9.25. The van der Waals surface area contributed by atoms with Crippen LogP contribution in [0.4, 0.5) is 22.0 Å². The van der Waals surface area contributed by atoms with Crippen molar-refractivity contribution in [2.45, 2.75) is 19.3 Å². The van der Waals surface area contributed by atoms with Crippen molar-refractivity contribution < 1.29 is 36.2 Å². The Kier molecular flexibility index (Phi) is 6.66. The third kappa shape index (κ3) is 5.16. The number of hydrogen-bond donors (Lipinski definition) is 0. The summed E-state index contributed by atoms with van der Waals surface area (Å²) in [7, 11) is 2.66. The lowest BCUT2D eigenvalue weighted by Crippen LogP contribution is -2.31. The van der Waals surface area contributed by atoms with Gasteiger partial charge in [-0.1, -0.05) is 12.1 Å². The fourth-order valence-corrected chi connectivity index (χ4v) is 2.92. The maximum Gasteiger partial charge on any atom is 0.421 e. The van der Waals surface area contributed by atoms with Gasteiger partial charge in [0.1, 0.15) is 11.3 Å². The second-order valence-corrected chi connectivity index (χ2v) is 6.50. The van der Waals surface area contributed by atoms with Crippen molar-refractivity contribution in [3.05, 3.63) is 70.0 Å². The Bertz CT molecular complexity index is 1140. The summed E-state index contributed by atoms with van der Waals surface area (Å²) in [6, 6.07) is 10.5. The molecule has 0 aliphatic rings. The molecule has 0 fully saturated rings. The van der Waals surface area contributed by atoms with Crippen LogP contribution in [0.15, 0.2) is 53.3 Å². The first-order valence-electron chi connectivity index (χ1n) is 9.08. The number of aromatic nitrogens is 2. The van der Waals surface area contributed by atoms with Gasteiger partial charge in [-0.05, 0) is 42.0 Å². The van der Waals surface area contributed by atoms with E-state index in [-0.39, 0.29) is 29.3 Å². The molecular weight excluding hydrogens is 439 g/mol. The first-order valence-corrected chi connectivity index (χ1v) is 9.08. The van der Waals surface area contributed by atoms with E-state index < -0.39 is 23.9 Å². The van der Waals surface area contributed by atoms with E-state index >= 15 is 0 Å². The molecule has 0 aliphatic carbocycles. The molecule has 1 aromatic heterocycles. The minimum Gasteiger partial charge on any atom is -0.497 e. The quantitative estimate of drug-likeness (QED) is 0.487. The lowest BCUT2D eigenvalue weighted by molar-refractivity contribution is -0.139. The topological polar surface area (TPSA) is 62.6 Å². The molecule has 2 aromatic carbocycles. The Hall–Kier alpha value is -3.63. The molecule has 0 unspecified atom stereocenters. The molecule has 32 heavy (non-hydrogen) atoms. The number of halogens is 5. The standard InChI is InChI=1S/C21H17F5N2O4/c1-30-14-6-3-12(4-7-14)11-28-19(29)15(21(24,25)26)10-16(27-28)13-5-8-17(32-20(22)23)18(9-13)31-2/h3-10,20H,11H2,1-2H3. The number of hydrogen-bond acceptors (Lipinski definition) is 5. The zero-order valence-electron chi connectivity index (χ0n) is 16.8. The van der Waals surface area contributed by atoms with Crippen LogP contribution in [0.25, 0.3) is 11.3 Å². The van der Waals surface area contributed by atoms with Crippen LogP contribution >= 0.6 is 0 Å². The van der Waals surface area contributed by atoms with Crippen molar-refractivity contribution in [3.8, 4) is 28.5 Å². The van der Waals surface area contributed by atoms with Crippen molar-refractivity contribution in [1.29, 1.82) is 0 Å². The molecule has 11 heteroatoms. The second-order valence-electron chi connectivity index (χ2n) is 6.50. The number of rotatable bonds is 7. The first kappa shape index (κ1) is 23.0. The summed E-state index contributed by atoms with van der Waals surface area (Å²) in [4.78, 5) is 12.5. The maximum atomic E-state index is 13.5. The molecular formula is C21H17F5N2O4. The van der Waals surface area contributed by atoms with E-state index in [4.69, 9.17) is 9.47 Å². The smallest absolute Gasteiger partial charge is 0.421 e. The van der Waals surface area contributed by atoms with Gasteiger partial charge >= 0.3 is 12.8 Å². The minimum absolute atomic E-state index is 0.109. The van der Waals surface area contributed by atoms with Gasteiger partial charge in [0, 0.05) is 5.56 Å². The highest BCUT2D eigenvalue weighted by molar-refractivity contribution is 5.64. The molecule has 0 spiro atoms. The van der Waals surface area contributed by atoms with E-state index in [0.717, 1.165) is 6.07 Å². The lowest BCUT2D eigenvalue weighted by Gasteiger charge is -2.14. The number of alkyl halides is 5. The third-order valence-electron chi connectivity index (χ3n) is 4.45. The van der Waals surface area contributed by atoms with Gasteiger partial charge in [-0.25, -0.2) is 4.68 Å². The fourth-order valence-electron chi connectivity index (χ4n) is 2.92. The molecule has 0 amide bonds. The van der Waals surface area contributed by atoms with Crippen molar-refractivity contribution in [2.24, 2.45) is 0 Å². The normalized spacial score (nSPS) is 11.5. The van der Waals surface area contributed by atoms with Crippen LogP contribution in [0.1, 0.15) is 11.1 Å². The molecule has 0 atom stereocenters. The van der Waals surface area contributed by atoms with Crippen LogP contribution in [0.3, 0.4) is 0 Å². The molecule has 0 N–H and O–H groups in total. The van der Waals surface area contributed by atoms with Crippen LogP contribution in [0, 0.1) is 0 Å². The largest absolute Gasteiger partial charge is 0.497 e. The first-order chi connectivity index (χ1) is 15.1. The molecule has 0 saturated heterocycles. The summed E-state index contributed by atoms with van der Waals surface area (Å²) in [6.45, 7) is -3.35. The van der Waals surface area contributed by atoms with E-state index in [1.807, 2.05) is 0 Å². The Morgan fingerprint density at radius 2 is 1.66 bits per heavy atom. The molecule has 170 valence electrons. The third-order valence-corrected chi connectivity index (χ3v) is 4.45. The van der Waals surface area contributed by atoms with Gasteiger partial charge in [0.15, 0.2) is 11.5 Å². The van der Waals surface area contributed by atoms with E-state index in [9.17, 15) is 26.7 Å². The molecule has 0 radical (unpaired) electrons. The summed E-state index contributed by atoms with van der Waals surface area (Å²) in [5, 5.41) is 4.05. The number of ether oxygens (including phenoxy) is 3. The van der Waals surface area contributed by atoms with Crippen molar-refractivity contribution in [1.82, 2.24) is 9.78 Å². The van der Waals surface area contributed by atoms with Crippen LogP contribution < -0.4 is 19.8 Å². The average molecular weight is 456 g/mol. The Labute approximate surface area is 178 Å². The van der Waals surface area contributed by atoms with E-state index in [1.54, 1.807) is 24.3 Å². The van der Waals surface area contributed by atoms with Crippen molar-refractivity contribution in [2.75, 3.05) is 14.2 Å². The zero-order chi connectivity index (χ0) is 23.5. The lowest BCUT2D eigenvalue weighted by atomic mass is 10.1. The molecule has 0 aliphatic heterocycles. The number of benzene rings is 2. The van der Waals surface area contributed by atoms with E-state index in [1.165, 1.54) is 26.4 Å². The number of methoxy groups -OCH3 is 2. The van der Waals surface area contributed by atoms with Gasteiger partial charge < -0.3 is 14.2 Å². The van der Waals surface area contributed by atoms with Crippen LogP contribution in [-0.4, -0.2) is 30.6 Å². The van der Waals surface area contributed by atoms with Crippen molar-refractivity contribution >= 4 is 0 Å². The Morgan fingerprint density at radius 3 is 2.22 bits per heavy atom.